The Labute approximate surface area is 169 Å². The molecule has 0 aliphatic carbocycles. The van der Waals surface area contributed by atoms with Gasteiger partial charge < -0.3 is 0 Å². The molecule has 0 saturated carbocycles. The molecule has 0 bridgehead atoms. The minimum atomic E-state index is -0.262. The first-order valence-corrected chi connectivity index (χ1v) is 9.72. The van der Waals surface area contributed by atoms with E-state index in [0.717, 1.165) is 44.2 Å². The van der Waals surface area contributed by atoms with Gasteiger partial charge in [0.1, 0.15) is 5.82 Å². The lowest BCUT2D eigenvalue weighted by Crippen LogP contribution is -1.90. The minimum absolute atomic E-state index is 0.262. The maximum absolute atomic E-state index is 14.1. The number of rotatable bonds is 2. The smallest absolute Gasteiger partial charge is 0.207 e. The predicted molar refractivity (Wildman–Crippen MR) is 118 cm³/mol. The standard InChI is InChI=1S/C27H20FO/c1-17-8-10-20(11-9-17)26-16-23(19-6-4-3-5-7-19)24-14-18(2)22-13-12-21(28)15-25(22)27(24)29-26/h3-16H,1-2H3/q+1. The SMILES string of the molecule is Cc1ccc(-c2cc(-c3ccccc3)c3cc(C)c4ccc(F)cc4c3[o+]2)cc1. The van der Waals surface area contributed by atoms with Crippen molar-refractivity contribution < 1.29 is 8.81 Å². The molecule has 1 aromatic heterocycles. The molecule has 0 spiro atoms. The van der Waals surface area contributed by atoms with Crippen LogP contribution in [0.4, 0.5) is 4.39 Å². The molecule has 0 atom stereocenters. The van der Waals surface area contributed by atoms with Gasteiger partial charge in [0, 0.05) is 5.56 Å². The average Bonchev–Trinajstić information content (AvgIpc) is 2.74. The van der Waals surface area contributed by atoms with Gasteiger partial charge in [0.2, 0.25) is 0 Å². The van der Waals surface area contributed by atoms with Crippen LogP contribution in [0.1, 0.15) is 11.1 Å². The summed E-state index contributed by atoms with van der Waals surface area (Å²) in [7, 11) is 0. The molecule has 0 radical (unpaired) electrons. The molecule has 1 nitrogen and oxygen atoms in total. The van der Waals surface area contributed by atoms with E-state index in [-0.39, 0.29) is 5.82 Å². The van der Waals surface area contributed by atoms with Gasteiger partial charge in [-0.05, 0) is 60.7 Å². The third-order valence-corrected chi connectivity index (χ3v) is 5.46. The molecule has 4 aromatic carbocycles. The summed E-state index contributed by atoms with van der Waals surface area (Å²) in [5.41, 5.74) is 6.19. The Kier molecular flexibility index (Phi) is 4.13. The number of fused-ring (bicyclic) bond motifs is 3. The van der Waals surface area contributed by atoms with Crippen LogP contribution in [0.5, 0.6) is 0 Å². The highest BCUT2D eigenvalue weighted by Gasteiger charge is 2.23. The summed E-state index contributed by atoms with van der Waals surface area (Å²) >= 11 is 0. The molecule has 5 aromatic rings. The van der Waals surface area contributed by atoms with E-state index in [1.54, 1.807) is 6.07 Å². The average molecular weight is 379 g/mol. The number of hydrogen-bond acceptors (Lipinski definition) is 0. The molecule has 0 amide bonds. The molecule has 0 fully saturated rings. The van der Waals surface area contributed by atoms with Crippen molar-refractivity contribution in [1.29, 1.82) is 0 Å². The van der Waals surface area contributed by atoms with Crippen molar-refractivity contribution in [3.8, 4) is 22.5 Å². The van der Waals surface area contributed by atoms with Gasteiger partial charge in [-0.2, -0.15) is 0 Å². The first kappa shape index (κ1) is 17.6. The fraction of sp³-hybridized carbons (Fsp3) is 0.0741. The molecule has 1 heterocycles. The fourth-order valence-corrected chi connectivity index (χ4v) is 3.93. The van der Waals surface area contributed by atoms with Crippen LogP contribution in [0.3, 0.4) is 0 Å². The molecular weight excluding hydrogens is 359 g/mol. The molecule has 0 aliphatic rings. The summed E-state index contributed by atoms with van der Waals surface area (Å²) in [5, 5.41) is 2.79. The topological polar surface area (TPSA) is 11.3 Å². The highest BCUT2D eigenvalue weighted by atomic mass is 19.1. The molecule has 29 heavy (non-hydrogen) atoms. The van der Waals surface area contributed by atoms with Crippen LogP contribution in [0.2, 0.25) is 0 Å². The van der Waals surface area contributed by atoms with Crippen molar-refractivity contribution in [3.63, 3.8) is 0 Å². The first-order chi connectivity index (χ1) is 14.1. The number of halogens is 1. The summed E-state index contributed by atoms with van der Waals surface area (Å²) in [4.78, 5) is 0. The van der Waals surface area contributed by atoms with Crippen molar-refractivity contribution in [2.75, 3.05) is 0 Å². The Morgan fingerprint density at radius 3 is 2.17 bits per heavy atom. The largest absolute Gasteiger partial charge is 0.369 e. The van der Waals surface area contributed by atoms with Crippen LogP contribution in [-0.2, 0) is 0 Å². The zero-order valence-corrected chi connectivity index (χ0v) is 16.4. The lowest BCUT2D eigenvalue weighted by molar-refractivity contribution is 0.619. The molecule has 5 rings (SSSR count). The monoisotopic (exact) mass is 379 g/mol. The van der Waals surface area contributed by atoms with Gasteiger partial charge in [0.15, 0.2) is 0 Å². The summed E-state index contributed by atoms with van der Waals surface area (Å²) < 4.78 is 20.6. The normalized spacial score (nSPS) is 11.3. The molecule has 0 saturated heterocycles. The van der Waals surface area contributed by atoms with Crippen molar-refractivity contribution in [2.45, 2.75) is 13.8 Å². The lowest BCUT2D eigenvalue weighted by Gasteiger charge is -2.07. The zero-order valence-electron chi connectivity index (χ0n) is 16.4. The first-order valence-electron chi connectivity index (χ1n) is 9.72. The van der Waals surface area contributed by atoms with Crippen LogP contribution >= 0.6 is 0 Å². The lowest BCUT2D eigenvalue weighted by atomic mass is 9.95. The Morgan fingerprint density at radius 1 is 0.655 bits per heavy atom. The summed E-state index contributed by atoms with van der Waals surface area (Å²) in [5.74, 6) is 0.507. The van der Waals surface area contributed by atoms with Gasteiger partial charge in [-0.15, -0.1) is 0 Å². The predicted octanol–water partition coefficient (Wildman–Crippen LogP) is 7.96. The third-order valence-electron chi connectivity index (χ3n) is 5.46. The van der Waals surface area contributed by atoms with E-state index >= 15 is 0 Å². The Hall–Kier alpha value is -3.52. The van der Waals surface area contributed by atoms with E-state index in [1.165, 1.54) is 11.6 Å². The van der Waals surface area contributed by atoms with Crippen LogP contribution in [0.25, 0.3) is 44.2 Å². The van der Waals surface area contributed by atoms with E-state index in [2.05, 4.69) is 62.4 Å². The van der Waals surface area contributed by atoms with Gasteiger partial charge in [-0.3, -0.25) is 0 Å². The summed E-state index contributed by atoms with van der Waals surface area (Å²) in [6.07, 6.45) is 0. The summed E-state index contributed by atoms with van der Waals surface area (Å²) in [6.45, 7) is 4.12. The van der Waals surface area contributed by atoms with Crippen molar-refractivity contribution >= 4 is 21.7 Å². The molecular formula is C27H20FO+. The van der Waals surface area contributed by atoms with Gasteiger partial charge in [-0.1, -0.05) is 54.1 Å². The Balaban J connectivity index is 1.93. The molecule has 140 valence electrons. The molecule has 0 unspecified atom stereocenters. The Bertz CT molecular complexity index is 1350. The van der Waals surface area contributed by atoms with Crippen molar-refractivity contribution in [3.05, 3.63) is 102 Å². The quantitative estimate of drug-likeness (QED) is 0.224. The number of aryl methyl sites for hydroxylation is 2. The van der Waals surface area contributed by atoms with Crippen molar-refractivity contribution in [1.82, 2.24) is 0 Å². The Morgan fingerprint density at radius 2 is 1.41 bits per heavy atom. The molecule has 0 N–H and O–H groups in total. The third kappa shape index (κ3) is 3.07. The van der Waals surface area contributed by atoms with Gasteiger partial charge in [0.05, 0.1) is 22.4 Å². The maximum Gasteiger partial charge on any atom is 0.369 e. The second-order valence-corrected chi connectivity index (χ2v) is 7.52. The highest BCUT2D eigenvalue weighted by Crippen LogP contribution is 2.39. The fourth-order valence-electron chi connectivity index (χ4n) is 3.93. The van der Waals surface area contributed by atoms with Gasteiger partial charge in [0.25, 0.3) is 0 Å². The molecule has 2 heteroatoms. The summed E-state index contributed by atoms with van der Waals surface area (Å²) in [6, 6.07) is 27.7. The van der Waals surface area contributed by atoms with Gasteiger partial charge in [-0.25, -0.2) is 8.81 Å². The zero-order chi connectivity index (χ0) is 20.0. The van der Waals surface area contributed by atoms with E-state index in [4.69, 9.17) is 4.42 Å². The van der Waals surface area contributed by atoms with E-state index in [9.17, 15) is 4.39 Å². The van der Waals surface area contributed by atoms with Crippen molar-refractivity contribution in [2.24, 2.45) is 0 Å². The van der Waals surface area contributed by atoms with Crippen LogP contribution in [0, 0.1) is 19.7 Å². The number of benzene rings is 4. The second kappa shape index (κ2) is 6.82. The second-order valence-electron chi connectivity index (χ2n) is 7.52. The minimum Gasteiger partial charge on any atom is -0.207 e. The number of hydrogen-bond donors (Lipinski definition) is 0. The van der Waals surface area contributed by atoms with Crippen LogP contribution < -0.4 is 0 Å². The van der Waals surface area contributed by atoms with E-state index in [0.29, 0.717) is 5.58 Å². The van der Waals surface area contributed by atoms with E-state index in [1.807, 2.05) is 24.3 Å². The van der Waals surface area contributed by atoms with Crippen LogP contribution in [-0.4, -0.2) is 0 Å². The highest BCUT2D eigenvalue weighted by molar-refractivity contribution is 6.10. The van der Waals surface area contributed by atoms with Gasteiger partial charge >= 0.3 is 11.3 Å². The van der Waals surface area contributed by atoms with E-state index < -0.39 is 0 Å². The van der Waals surface area contributed by atoms with Crippen LogP contribution in [0.15, 0.2) is 89.3 Å². The maximum atomic E-state index is 14.1. The molecule has 0 aliphatic heterocycles.